The molecule has 1 saturated heterocycles. The van der Waals surface area contributed by atoms with Crippen molar-refractivity contribution in [2.45, 2.75) is 25.0 Å². The van der Waals surface area contributed by atoms with E-state index in [9.17, 15) is 0 Å². The van der Waals surface area contributed by atoms with Crippen LogP contribution in [-0.4, -0.2) is 23.7 Å². The molecule has 9 heavy (non-hydrogen) atoms. The summed E-state index contributed by atoms with van der Waals surface area (Å²) in [5.74, 6) is 1.70. The van der Waals surface area contributed by atoms with Gasteiger partial charge in [-0.05, 0) is 12.8 Å². The normalized spacial score (nSPS) is 35.3. The highest BCUT2D eigenvalue weighted by Crippen LogP contribution is 2.20. The zero-order valence-corrected chi connectivity index (χ0v) is 7.07. The van der Waals surface area contributed by atoms with E-state index in [0.29, 0.717) is 12.2 Å². The van der Waals surface area contributed by atoms with Gasteiger partial charge in [0, 0.05) is 11.5 Å². The average Bonchev–Trinajstić information content (AvgIpc) is 2.34. The molecule has 0 radical (unpaired) electrons. The maximum atomic E-state index is 5.51. The van der Waals surface area contributed by atoms with Gasteiger partial charge in [0.25, 0.3) is 0 Å². The Labute approximate surface area is 67.0 Å². The van der Waals surface area contributed by atoms with E-state index in [1.807, 2.05) is 0 Å². The quantitative estimate of drug-likeness (QED) is 0.587. The first-order valence-electron chi connectivity index (χ1n) is 3.24. The molecule has 1 fully saturated rings. The van der Waals surface area contributed by atoms with E-state index < -0.39 is 0 Å². The monoisotopic (exact) mass is 164 g/mol. The largest absolute Gasteiger partial charge is 0.373 e. The van der Waals surface area contributed by atoms with Gasteiger partial charge in [-0.1, -0.05) is 0 Å². The number of rotatable bonds is 2. The summed E-state index contributed by atoms with van der Waals surface area (Å²) in [7, 11) is 0. The molecule has 1 aliphatic rings. The number of ether oxygens (including phenoxy) is 1. The predicted molar refractivity (Wildman–Crippen MR) is 45.6 cm³/mol. The molecule has 0 bridgehead atoms. The van der Waals surface area contributed by atoms with Gasteiger partial charge in [-0.3, -0.25) is 0 Å². The molecule has 0 aliphatic carbocycles. The Morgan fingerprint density at radius 2 is 1.56 bits per heavy atom. The van der Waals surface area contributed by atoms with Gasteiger partial charge in [0.1, 0.15) is 0 Å². The lowest BCUT2D eigenvalue weighted by Crippen LogP contribution is -2.12. The van der Waals surface area contributed by atoms with Crippen LogP contribution in [0.2, 0.25) is 0 Å². The van der Waals surface area contributed by atoms with Crippen molar-refractivity contribution in [3.63, 3.8) is 0 Å². The van der Waals surface area contributed by atoms with Crippen molar-refractivity contribution in [2.75, 3.05) is 11.5 Å². The number of thiol groups is 2. The molecule has 0 amide bonds. The van der Waals surface area contributed by atoms with Crippen LogP contribution in [-0.2, 0) is 4.74 Å². The van der Waals surface area contributed by atoms with E-state index in [1.165, 1.54) is 0 Å². The van der Waals surface area contributed by atoms with E-state index in [1.54, 1.807) is 0 Å². The molecule has 54 valence electrons. The lowest BCUT2D eigenvalue weighted by molar-refractivity contribution is 0.0731. The van der Waals surface area contributed by atoms with Crippen LogP contribution in [0.5, 0.6) is 0 Å². The van der Waals surface area contributed by atoms with Gasteiger partial charge in [-0.15, -0.1) is 0 Å². The van der Waals surface area contributed by atoms with Crippen molar-refractivity contribution < 1.29 is 4.74 Å². The van der Waals surface area contributed by atoms with Crippen molar-refractivity contribution in [1.29, 1.82) is 0 Å². The standard InChI is InChI=1S/C6H12OS2/c8-3-5-1-2-6(4-9)7-5/h5-6,8-9H,1-4H2. The molecule has 0 saturated carbocycles. The fraction of sp³-hybridized carbons (Fsp3) is 1.00. The van der Waals surface area contributed by atoms with Gasteiger partial charge in [-0.2, -0.15) is 25.3 Å². The summed E-state index contributed by atoms with van der Waals surface area (Å²) in [5, 5.41) is 0. The molecule has 1 aliphatic heterocycles. The van der Waals surface area contributed by atoms with Crippen LogP contribution in [0, 0.1) is 0 Å². The fourth-order valence-electron chi connectivity index (χ4n) is 1.05. The van der Waals surface area contributed by atoms with E-state index in [4.69, 9.17) is 4.74 Å². The zero-order chi connectivity index (χ0) is 6.69. The van der Waals surface area contributed by atoms with Crippen LogP contribution in [0.1, 0.15) is 12.8 Å². The van der Waals surface area contributed by atoms with E-state index in [0.717, 1.165) is 24.3 Å². The van der Waals surface area contributed by atoms with Crippen molar-refractivity contribution in [2.24, 2.45) is 0 Å². The number of hydrogen-bond acceptors (Lipinski definition) is 3. The molecule has 0 aromatic rings. The Balaban J connectivity index is 2.20. The maximum absolute atomic E-state index is 5.51. The fourth-order valence-corrected chi connectivity index (χ4v) is 1.59. The van der Waals surface area contributed by atoms with Crippen molar-refractivity contribution >= 4 is 25.3 Å². The van der Waals surface area contributed by atoms with Crippen LogP contribution < -0.4 is 0 Å². The summed E-state index contributed by atoms with van der Waals surface area (Å²) in [4.78, 5) is 0. The average molecular weight is 164 g/mol. The lowest BCUT2D eigenvalue weighted by atomic mass is 10.2. The summed E-state index contributed by atoms with van der Waals surface area (Å²) >= 11 is 8.29. The first-order valence-corrected chi connectivity index (χ1v) is 4.50. The molecule has 1 nitrogen and oxygen atoms in total. The number of hydrogen-bond donors (Lipinski definition) is 2. The van der Waals surface area contributed by atoms with Crippen molar-refractivity contribution in [3.8, 4) is 0 Å². The minimum absolute atomic E-state index is 0.394. The molecule has 0 N–H and O–H groups in total. The minimum atomic E-state index is 0.394. The van der Waals surface area contributed by atoms with Crippen LogP contribution in [0.3, 0.4) is 0 Å². The van der Waals surface area contributed by atoms with Crippen LogP contribution in [0.15, 0.2) is 0 Å². The molecule has 0 aromatic carbocycles. The van der Waals surface area contributed by atoms with Gasteiger partial charge in [-0.25, -0.2) is 0 Å². The molecular formula is C6H12OS2. The molecule has 1 rings (SSSR count). The summed E-state index contributed by atoms with van der Waals surface area (Å²) in [6.45, 7) is 0. The third kappa shape index (κ3) is 2.06. The Bertz CT molecular complexity index is 77.1. The first-order chi connectivity index (χ1) is 4.36. The van der Waals surface area contributed by atoms with Gasteiger partial charge in [0.2, 0.25) is 0 Å². The molecule has 3 heteroatoms. The molecule has 2 atom stereocenters. The molecular weight excluding hydrogens is 152 g/mol. The zero-order valence-electron chi connectivity index (χ0n) is 5.29. The smallest absolute Gasteiger partial charge is 0.0668 e. The van der Waals surface area contributed by atoms with Gasteiger partial charge in [0.05, 0.1) is 12.2 Å². The van der Waals surface area contributed by atoms with E-state index in [2.05, 4.69) is 25.3 Å². The summed E-state index contributed by atoms with van der Waals surface area (Å²) < 4.78 is 5.51. The van der Waals surface area contributed by atoms with Crippen LogP contribution in [0.4, 0.5) is 0 Å². The molecule has 2 unspecified atom stereocenters. The molecule has 0 aromatic heterocycles. The predicted octanol–water partition coefficient (Wildman–Crippen LogP) is 1.39. The molecule has 0 spiro atoms. The van der Waals surface area contributed by atoms with Gasteiger partial charge in [0.15, 0.2) is 0 Å². The Hall–Kier alpha value is 0.660. The second kappa shape index (κ2) is 3.74. The highest BCUT2D eigenvalue weighted by Gasteiger charge is 2.22. The highest BCUT2D eigenvalue weighted by molar-refractivity contribution is 7.80. The van der Waals surface area contributed by atoms with E-state index >= 15 is 0 Å². The second-order valence-corrected chi connectivity index (χ2v) is 3.05. The van der Waals surface area contributed by atoms with Crippen LogP contribution in [0.25, 0.3) is 0 Å². The van der Waals surface area contributed by atoms with Crippen molar-refractivity contribution in [1.82, 2.24) is 0 Å². The SMILES string of the molecule is SCC1CCC(CS)O1. The Morgan fingerprint density at radius 3 is 1.78 bits per heavy atom. The Kier molecular flexibility index (Phi) is 3.22. The highest BCUT2D eigenvalue weighted by atomic mass is 32.1. The topological polar surface area (TPSA) is 9.23 Å². The second-order valence-electron chi connectivity index (χ2n) is 2.32. The van der Waals surface area contributed by atoms with E-state index in [-0.39, 0.29) is 0 Å². The molecule has 1 heterocycles. The van der Waals surface area contributed by atoms with Crippen LogP contribution >= 0.6 is 25.3 Å². The lowest BCUT2D eigenvalue weighted by Gasteiger charge is -2.07. The third-order valence-electron chi connectivity index (χ3n) is 1.60. The van der Waals surface area contributed by atoms with Gasteiger partial charge >= 0.3 is 0 Å². The first kappa shape index (κ1) is 7.76. The van der Waals surface area contributed by atoms with Crippen molar-refractivity contribution in [3.05, 3.63) is 0 Å². The summed E-state index contributed by atoms with van der Waals surface area (Å²) in [6.07, 6.45) is 3.11. The Morgan fingerprint density at radius 1 is 1.11 bits per heavy atom. The maximum Gasteiger partial charge on any atom is 0.0668 e. The van der Waals surface area contributed by atoms with Gasteiger partial charge < -0.3 is 4.74 Å². The minimum Gasteiger partial charge on any atom is -0.373 e. The third-order valence-corrected chi connectivity index (χ3v) is 2.42. The summed E-state index contributed by atoms with van der Waals surface area (Å²) in [6, 6.07) is 0. The summed E-state index contributed by atoms with van der Waals surface area (Å²) in [5.41, 5.74) is 0.